The summed E-state index contributed by atoms with van der Waals surface area (Å²) in [6, 6.07) is 8.71. The lowest BCUT2D eigenvalue weighted by atomic mass is 9.95. The zero-order valence-electron chi connectivity index (χ0n) is 10.5. The van der Waals surface area contributed by atoms with E-state index in [1.54, 1.807) is 0 Å². The van der Waals surface area contributed by atoms with E-state index in [4.69, 9.17) is 4.74 Å². The molecule has 0 radical (unpaired) electrons. The van der Waals surface area contributed by atoms with Gasteiger partial charge in [-0.15, -0.1) is 0 Å². The molecule has 0 aromatic heterocycles. The summed E-state index contributed by atoms with van der Waals surface area (Å²) in [5.74, 6) is 0. The summed E-state index contributed by atoms with van der Waals surface area (Å²) in [6.45, 7) is 3.96. The van der Waals surface area contributed by atoms with Gasteiger partial charge in [-0.05, 0) is 25.3 Å². The molecule has 2 nitrogen and oxygen atoms in total. The van der Waals surface area contributed by atoms with E-state index in [1.807, 2.05) is 0 Å². The second kappa shape index (κ2) is 4.43. The highest BCUT2D eigenvalue weighted by molar-refractivity contribution is 5.24. The van der Waals surface area contributed by atoms with Crippen molar-refractivity contribution in [2.45, 2.75) is 44.2 Å². The number of hydrogen-bond acceptors (Lipinski definition) is 2. The number of rotatable bonds is 1. The average Bonchev–Trinajstić information content (AvgIpc) is 2.80. The molecule has 2 fully saturated rings. The molecule has 1 N–H and O–H groups in total. The summed E-state index contributed by atoms with van der Waals surface area (Å²) in [5.41, 5.74) is 2.92. The first-order valence-corrected chi connectivity index (χ1v) is 6.71. The molecule has 2 heteroatoms. The highest BCUT2D eigenvalue weighted by atomic mass is 16.5. The number of hydrogen-bond donors (Lipinski definition) is 1. The number of aryl methyl sites for hydroxylation is 1. The van der Waals surface area contributed by atoms with E-state index < -0.39 is 0 Å². The molecule has 92 valence electrons. The first-order chi connectivity index (χ1) is 8.27. The van der Waals surface area contributed by atoms with Gasteiger partial charge in [0.05, 0.1) is 12.7 Å². The van der Waals surface area contributed by atoms with Crippen LogP contribution in [0.1, 0.15) is 42.9 Å². The Balaban J connectivity index is 1.66. The Morgan fingerprint density at radius 1 is 1.18 bits per heavy atom. The smallest absolute Gasteiger partial charge is 0.0950 e. The van der Waals surface area contributed by atoms with E-state index in [-0.39, 0.29) is 6.10 Å². The van der Waals surface area contributed by atoms with Gasteiger partial charge in [-0.2, -0.15) is 0 Å². The predicted octanol–water partition coefficient (Wildman–Crippen LogP) is 2.97. The molecule has 1 spiro atoms. The first-order valence-electron chi connectivity index (χ1n) is 6.71. The summed E-state index contributed by atoms with van der Waals surface area (Å²) in [5, 5.41) is 3.73. The summed E-state index contributed by atoms with van der Waals surface area (Å²) in [7, 11) is 0. The third-order valence-electron chi connectivity index (χ3n) is 4.23. The molecule has 1 saturated carbocycles. The van der Waals surface area contributed by atoms with Crippen molar-refractivity contribution in [3.8, 4) is 0 Å². The minimum absolute atomic E-state index is 0.238. The lowest BCUT2D eigenvalue weighted by molar-refractivity contribution is -0.0326. The van der Waals surface area contributed by atoms with Crippen LogP contribution in [0.5, 0.6) is 0 Å². The lowest BCUT2D eigenvalue weighted by Crippen LogP contribution is -2.53. The zero-order chi connectivity index (χ0) is 11.7. The Morgan fingerprint density at radius 2 is 1.88 bits per heavy atom. The summed E-state index contributed by atoms with van der Waals surface area (Å²) in [4.78, 5) is 0. The fourth-order valence-electron chi connectivity index (χ4n) is 3.05. The van der Waals surface area contributed by atoms with Crippen LogP contribution in [0.2, 0.25) is 0 Å². The van der Waals surface area contributed by atoms with E-state index in [0.29, 0.717) is 5.54 Å². The van der Waals surface area contributed by atoms with Crippen LogP contribution in [0, 0.1) is 6.92 Å². The van der Waals surface area contributed by atoms with E-state index in [0.717, 1.165) is 13.2 Å². The monoisotopic (exact) mass is 231 g/mol. The molecule has 1 aliphatic heterocycles. The van der Waals surface area contributed by atoms with E-state index in [9.17, 15) is 0 Å². The van der Waals surface area contributed by atoms with Gasteiger partial charge in [0, 0.05) is 12.1 Å². The van der Waals surface area contributed by atoms with Gasteiger partial charge >= 0.3 is 0 Å². The minimum Gasteiger partial charge on any atom is -0.370 e. The van der Waals surface area contributed by atoms with Crippen molar-refractivity contribution in [2.75, 3.05) is 13.2 Å². The molecule has 2 aliphatic rings. The van der Waals surface area contributed by atoms with Crippen LogP contribution in [0.3, 0.4) is 0 Å². The predicted molar refractivity (Wildman–Crippen MR) is 69.1 cm³/mol. The van der Waals surface area contributed by atoms with Crippen molar-refractivity contribution in [3.05, 3.63) is 35.4 Å². The van der Waals surface area contributed by atoms with Gasteiger partial charge < -0.3 is 10.1 Å². The van der Waals surface area contributed by atoms with Crippen molar-refractivity contribution in [1.82, 2.24) is 5.32 Å². The fourth-order valence-corrected chi connectivity index (χ4v) is 3.05. The summed E-state index contributed by atoms with van der Waals surface area (Å²) >= 11 is 0. The van der Waals surface area contributed by atoms with Crippen molar-refractivity contribution < 1.29 is 4.74 Å². The second-order valence-corrected chi connectivity index (χ2v) is 5.58. The van der Waals surface area contributed by atoms with Gasteiger partial charge in [0.15, 0.2) is 0 Å². The van der Waals surface area contributed by atoms with Crippen molar-refractivity contribution >= 4 is 0 Å². The highest BCUT2D eigenvalue weighted by Gasteiger charge is 2.38. The zero-order valence-corrected chi connectivity index (χ0v) is 10.5. The van der Waals surface area contributed by atoms with E-state index >= 15 is 0 Å². The Kier molecular flexibility index (Phi) is 2.93. The van der Waals surface area contributed by atoms with Crippen molar-refractivity contribution in [2.24, 2.45) is 0 Å². The molecule has 3 rings (SSSR count). The molecule has 1 atom stereocenters. The number of benzene rings is 1. The van der Waals surface area contributed by atoms with Crippen LogP contribution >= 0.6 is 0 Å². The van der Waals surface area contributed by atoms with Crippen LogP contribution in [0.4, 0.5) is 0 Å². The molecule has 0 amide bonds. The van der Waals surface area contributed by atoms with E-state index in [1.165, 1.54) is 36.8 Å². The lowest BCUT2D eigenvalue weighted by Gasteiger charge is -2.38. The topological polar surface area (TPSA) is 21.3 Å². The molecule has 1 heterocycles. The molecule has 1 unspecified atom stereocenters. The van der Waals surface area contributed by atoms with Gasteiger partial charge in [-0.25, -0.2) is 0 Å². The number of nitrogens with one attached hydrogen (secondary N) is 1. The third-order valence-corrected chi connectivity index (χ3v) is 4.23. The maximum absolute atomic E-state index is 6.08. The van der Waals surface area contributed by atoms with Crippen LogP contribution in [0.25, 0.3) is 0 Å². The number of ether oxygens (including phenoxy) is 1. The van der Waals surface area contributed by atoms with Crippen LogP contribution < -0.4 is 5.32 Å². The highest BCUT2D eigenvalue weighted by Crippen LogP contribution is 2.34. The Morgan fingerprint density at radius 3 is 2.47 bits per heavy atom. The van der Waals surface area contributed by atoms with Crippen molar-refractivity contribution in [1.29, 1.82) is 0 Å². The molecule has 1 aromatic carbocycles. The van der Waals surface area contributed by atoms with Gasteiger partial charge in [-0.1, -0.05) is 42.7 Å². The Hall–Kier alpha value is -0.860. The van der Waals surface area contributed by atoms with Crippen LogP contribution in [0.15, 0.2) is 24.3 Å². The maximum atomic E-state index is 6.08. The van der Waals surface area contributed by atoms with Gasteiger partial charge in [0.1, 0.15) is 0 Å². The quantitative estimate of drug-likeness (QED) is 0.802. The average molecular weight is 231 g/mol. The third kappa shape index (κ3) is 2.24. The van der Waals surface area contributed by atoms with E-state index in [2.05, 4.69) is 36.5 Å². The van der Waals surface area contributed by atoms with Crippen LogP contribution in [-0.4, -0.2) is 18.7 Å². The SMILES string of the molecule is Cc1ccc(C2CNC3(CCCC3)CO2)cc1. The largest absolute Gasteiger partial charge is 0.370 e. The van der Waals surface area contributed by atoms with Gasteiger partial charge in [0.25, 0.3) is 0 Å². The molecule has 1 saturated heterocycles. The summed E-state index contributed by atoms with van der Waals surface area (Å²) in [6.07, 6.45) is 5.51. The standard InChI is InChI=1S/C15H21NO/c1-12-4-6-13(7-5-12)14-10-16-15(11-17-14)8-2-3-9-15/h4-7,14,16H,2-3,8-11H2,1H3. The van der Waals surface area contributed by atoms with Gasteiger partial charge in [0.2, 0.25) is 0 Å². The molecular formula is C15H21NO. The molecule has 0 bridgehead atoms. The fraction of sp³-hybridized carbons (Fsp3) is 0.600. The van der Waals surface area contributed by atoms with Crippen molar-refractivity contribution in [3.63, 3.8) is 0 Å². The number of morpholine rings is 1. The maximum Gasteiger partial charge on any atom is 0.0950 e. The molecule has 1 aliphatic carbocycles. The Bertz CT molecular complexity index is 368. The minimum atomic E-state index is 0.238. The summed E-state index contributed by atoms with van der Waals surface area (Å²) < 4.78 is 6.08. The molecule has 17 heavy (non-hydrogen) atoms. The Labute approximate surface area is 103 Å². The van der Waals surface area contributed by atoms with Gasteiger partial charge in [-0.3, -0.25) is 0 Å². The molecule has 1 aromatic rings. The first kappa shape index (κ1) is 11.2. The molecular weight excluding hydrogens is 210 g/mol. The second-order valence-electron chi connectivity index (χ2n) is 5.58. The van der Waals surface area contributed by atoms with Crippen LogP contribution in [-0.2, 0) is 4.74 Å². The normalized spacial score (nSPS) is 27.5.